The Labute approximate surface area is 115 Å². The van der Waals surface area contributed by atoms with E-state index in [1.54, 1.807) is 12.3 Å². The van der Waals surface area contributed by atoms with Gasteiger partial charge in [0.15, 0.2) is 0 Å². The fourth-order valence-corrected chi connectivity index (χ4v) is 1.96. The molecule has 3 rings (SSSR count). The molecule has 2 heterocycles. The molecule has 98 valence electrons. The molecule has 0 unspecified atom stereocenters. The molecule has 1 aromatic carbocycles. The van der Waals surface area contributed by atoms with E-state index in [2.05, 4.69) is 15.0 Å². The Kier molecular flexibility index (Phi) is 3.78. The van der Waals surface area contributed by atoms with Crippen molar-refractivity contribution < 1.29 is 4.39 Å². The van der Waals surface area contributed by atoms with Crippen LogP contribution in [0.5, 0.6) is 0 Å². The Morgan fingerprint density at radius 2 is 2.05 bits per heavy atom. The van der Waals surface area contributed by atoms with E-state index in [1.807, 2.05) is 12.1 Å². The van der Waals surface area contributed by atoms with Gasteiger partial charge in [0.1, 0.15) is 17.8 Å². The molecule has 0 aliphatic heterocycles. The highest BCUT2D eigenvalue weighted by atomic mass is 35.5. The Morgan fingerprint density at radius 3 is 2.79 bits per heavy atom. The molecule has 6 heteroatoms. The molecule has 19 heavy (non-hydrogen) atoms. The second-order valence-electron chi connectivity index (χ2n) is 3.97. The first-order valence-corrected chi connectivity index (χ1v) is 5.56. The van der Waals surface area contributed by atoms with Crippen LogP contribution in [0.25, 0.3) is 22.3 Å². The Hall–Kier alpha value is -1.98. The maximum absolute atomic E-state index is 13.7. The van der Waals surface area contributed by atoms with Crippen molar-refractivity contribution in [1.82, 2.24) is 15.0 Å². The van der Waals surface area contributed by atoms with Gasteiger partial charge in [-0.25, -0.2) is 14.4 Å². The Bertz CT molecular complexity index is 711. The summed E-state index contributed by atoms with van der Waals surface area (Å²) < 4.78 is 13.7. The van der Waals surface area contributed by atoms with Crippen LogP contribution >= 0.6 is 12.4 Å². The average molecular weight is 279 g/mol. The topological polar surface area (TPSA) is 67.6 Å². The highest BCUT2D eigenvalue weighted by Crippen LogP contribution is 2.25. The van der Waals surface area contributed by atoms with Crippen molar-refractivity contribution in [2.24, 2.45) is 5.73 Å². The molecule has 0 radical (unpaired) electrons. The molecule has 4 nitrogen and oxygen atoms in total. The third-order valence-electron chi connectivity index (χ3n) is 2.90. The highest BCUT2D eigenvalue weighted by Gasteiger charge is 2.09. The maximum atomic E-state index is 13.7. The van der Waals surface area contributed by atoms with Gasteiger partial charge in [-0.05, 0) is 12.1 Å². The summed E-state index contributed by atoms with van der Waals surface area (Å²) >= 11 is 0. The molecule has 0 atom stereocenters. The molecule has 0 aliphatic carbocycles. The standard InChI is InChI=1S/C13H11FN4.ClH/c14-11-5-8(1-2-9(11)6-15)12-10-3-4-16-13(10)18-7-17-12;/h1-5,7H,6,15H2,(H,16,17,18);1H. The number of hydrogen-bond donors (Lipinski definition) is 2. The zero-order valence-corrected chi connectivity index (χ0v) is 10.7. The van der Waals surface area contributed by atoms with Gasteiger partial charge in [0.2, 0.25) is 0 Å². The minimum Gasteiger partial charge on any atom is -0.346 e. The number of nitrogens with one attached hydrogen (secondary N) is 1. The number of aromatic amines is 1. The first kappa shape index (κ1) is 13.5. The average Bonchev–Trinajstić information content (AvgIpc) is 2.86. The molecule has 0 spiro atoms. The first-order valence-electron chi connectivity index (χ1n) is 5.56. The Balaban J connectivity index is 0.00000133. The molecule has 0 bridgehead atoms. The lowest BCUT2D eigenvalue weighted by atomic mass is 10.1. The normalized spacial score (nSPS) is 10.4. The molecular formula is C13H12ClFN4. The van der Waals surface area contributed by atoms with Crippen LogP contribution in [0.2, 0.25) is 0 Å². The number of rotatable bonds is 2. The third kappa shape index (κ3) is 2.30. The van der Waals surface area contributed by atoms with Gasteiger partial charge in [0, 0.05) is 29.3 Å². The predicted octanol–water partition coefficient (Wildman–Crippen LogP) is 2.64. The van der Waals surface area contributed by atoms with Crippen LogP contribution in [0, 0.1) is 5.82 Å². The van der Waals surface area contributed by atoms with E-state index in [1.165, 1.54) is 12.4 Å². The van der Waals surface area contributed by atoms with Crippen molar-refractivity contribution >= 4 is 23.4 Å². The van der Waals surface area contributed by atoms with Crippen LogP contribution in [0.3, 0.4) is 0 Å². The van der Waals surface area contributed by atoms with Crippen molar-refractivity contribution in [2.75, 3.05) is 0 Å². The largest absolute Gasteiger partial charge is 0.346 e. The summed E-state index contributed by atoms with van der Waals surface area (Å²) in [4.78, 5) is 11.3. The zero-order valence-electron chi connectivity index (χ0n) is 9.93. The van der Waals surface area contributed by atoms with Crippen LogP contribution in [0.4, 0.5) is 4.39 Å². The summed E-state index contributed by atoms with van der Waals surface area (Å²) in [7, 11) is 0. The van der Waals surface area contributed by atoms with Crippen molar-refractivity contribution in [3.05, 3.63) is 48.2 Å². The molecule has 0 saturated carbocycles. The fourth-order valence-electron chi connectivity index (χ4n) is 1.96. The van der Waals surface area contributed by atoms with Crippen LogP contribution in [0.1, 0.15) is 5.56 Å². The summed E-state index contributed by atoms with van der Waals surface area (Å²) in [6.07, 6.45) is 3.25. The summed E-state index contributed by atoms with van der Waals surface area (Å²) in [5.41, 5.74) is 8.11. The third-order valence-corrected chi connectivity index (χ3v) is 2.90. The van der Waals surface area contributed by atoms with Gasteiger partial charge in [-0.1, -0.05) is 12.1 Å². The Morgan fingerprint density at radius 1 is 1.21 bits per heavy atom. The minimum atomic E-state index is -0.308. The lowest BCUT2D eigenvalue weighted by Gasteiger charge is -2.05. The van der Waals surface area contributed by atoms with E-state index in [9.17, 15) is 4.39 Å². The number of aromatic nitrogens is 3. The summed E-state index contributed by atoms with van der Waals surface area (Å²) in [6.45, 7) is 0.190. The van der Waals surface area contributed by atoms with E-state index in [0.29, 0.717) is 11.3 Å². The highest BCUT2D eigenvalue weighted by molar-refractivity contribution is 5.90. The quantitative estimate of drug-likeness (QED) is 0.757. The number of H-pyrrole nitrogens is 1. The second kappa shape index (κ2) is 5.34. The molecule has 0 aliphatic rings. The number of nitrogens with zero attached hydrogens (tertiary/aromatic N) is 2. The number of fused-ring (bicyclic) bond motifs is 1. The van der Waals surface area contributed by atoms with Crippen molar-refractivity contribution in [1.29, 1.82) is 0 Å². The lowest BCUT2D eigenvalue weighted by Crippen LogP contribution is -1.99. The van der Waals surface area contributed by atoms with Gasteiger partial charge in [-0.2, -0.15) is 0 Å². The van der Waals surface area contributed by atoms with E-state index in [-0.39, 0.29) is 24.8 Å². The van der Waals surface area contributed by atoms with Crippen molar-refractivity contribution in [3.63, 3.8) is 0 Å². The van der Waals surface area contributed by atoms with Crippen molar-refractivity contribution in [2.45, 2.75) is 6.54 Å². The van der Waals surface area contributed by atoms with Crippen LogP contribution in [-0.2, 0) is 6.54 Å². The van der Waals surface area contributed by atoms with Crippen LogP contribution in [-0.4, -0.2) is 15.0 Å². The summed E-state index contributed by atoms with van der Waals surface area (Å²) in [5.74, 6) is -0.308. The van der Waals surface area contributed by atoms with Crippen molar-refractivity contribution in [3.8, 4) is 11.3 Å². The molecule has 2 aromatic heterocycles. The van der Waals surface area contributed by atoms with Gasteiger partial charge >= 0.3 is 0 Å². The van der Waals surface area contributed by atoms with Gasteiger partial charge in [0.25, 0.3) is 0 Å². The van der Waals surface area contributed by atoms with E-state index in [0.717, 1.165) is 16.6 Å². The fraction of sp³-hybridized carbons (Fsp3) is 0.0769. The second-order valence-corrected chi connectivity index (χ2v) is 3.97. The summed E-state index contributed by atoms with van der Waals surface area (Å²) in [6, 6.07) is 6.84. The van der Waals surface area contributed by atoms with E-state index >= 15 is 0 Å². The molecule has 0 saturated heterocycles. The lowest BCUT2D eigenvalue weighted by molar-refractivity contribution is 0.611. The smallest absolute Gasteiger partial charge is 0.141 e. The van der Waals surface area contributed by atoms with Gasteiger partial charge in [0.05, 0.1) is 5.69 Å². The molecule has 0 fully saturated rings. The molecular weight excluding hydrogens is 267 g/mol. The molecule has 0 amide bonds. The minimum absolute atomic E-state index is 0. The predicted molar refractivity (Wildman–Crippen MR) is 74.4 cm³/mol. The van der Waals surface area contributed by atoms with Crippen LogP contribution in [0.15, 0.2) is 36.8 Å². The van der Waals surface area contributed by atoms with E-state index in [4.69, 9.17) is 5.73 Å². The number of hydrogen-bond acceptors (Lipinski definition) is 3. The monoisotopic (exact) mass is 278 g/mol. The van der Waals surface area contributed by atoms with E-state index < -0.39 is 0 Å². The molecule has 3 aromatic rings. The number of halogens is 2. The number of benzene rings is 1. The maximum Gasteiger partial charge on any atom is 0.141 e. The summed E-state index contributed by atoms with van der Waals surface area (Å²) in [5, 5.41) is 0.873. The zero-order chi connectivity index (χ0) is 12.5. The SMILES string of the molecule is Cl.NCc1ccc(-c2ncnc3[nH]ccc23)cc1F. The molecule has 3 N–H and O–H groups in total. The number of nitrogens with two attached hydrogens (primary N) is 1. The van der Waals surface area contributed by atoms with Gasteiger partial charge in [-0.3, -0.25) is 0 Å². The van der Waals surface area contributed by atoms with Gasteiger partial charge < -0.3 is 10.7 Å². The van der Waals surface area contributed by atoms with Crippen LogP contribution < -0.4 is 5.73 Å². The first-order chi connectivity index (χ1) is 8.79. The van der Waals surface area contributed by atoms with Gasteiger partial charge in [-0.15, -0.1) is 12.4 Å².